The van der Waals surface area contributed by atoms with Crippen LogP contribution in [0.1, 0.15) is 29.3 Å². The Labute approximate surface area is 128 Å². The largest absolute Gasteiger partial charge is 0.497 e. The molecule has 1 aromatic carbocycles. The molecule has 1 aliphatic heterocycles. The van der Waals surface area contributed by atoms with Crippen LogP contribution in [0.25, 0.3) is 0 Å². The van der Waals surface area contributed by atoms with Gasteiger partial charge in [0.05, 0.1) is 11.4 Å². The molecule has 0 N–H and O–H groups in total. The van der Waals surface area contributed by atoms with E-state index >= 15 is 0 Å². The molecule has 1 unspecified atom stereocenters. The van der Waals surface area contributed by atoms with Crippen LogP contribution in [-0.2, 0) is 6.54 Å². The summed E-state index contributed by atoms with van der Waals surface area (Å²) in [5.74, 6) is 0.920. The molecule has 1 saturated heterocycles. The Morgan fingerprint density at radius 1 is 1.25 bits per heavy atom. The van der Waals surface area contributed by atoms with Crippen LogP contribution in [0.2, 0.25) is 4.34 Å². The molecule has 1 atom stereocenters. The number of nitrogens with zero attached hydrogens (tertiary/aromatic N) is 1. The summed E-state index contributed by atoms with van der Waals surface area (Å²) >= 11 is 7.70. The summed E-state index contributed by atoms with van der Waals surface area (Å²) < 4.78 is 6.11. The molecule has 0 spiro atoms. The first kappa shape index (κ1) is 13.9. The number of methoxy groups -OCH3 is 1. The predicted octanol–water partition coefficient (Wildman–Crippen LogP) is 4.75. The molecule has 0 bridgehead atoms. The molecule has 2 nitrogen and oxygen atoms in total. The van der Waals surface area contributed by atoms with E-state index in [-0.39, 0.29) is 0 Å². The summed E-state index contributed by atoms with van der Waals surface area (Å²) in [7, 11) is 1.71. The van der Waals surface area contributed by atoms with E-state index in [2.05, 4.69) is 23.1 Å². The zero-order valence-electron chi connectivity index (χ0n) is 11.5. The van der Waals surface area contributed by atoms with Gasteiger partial charge in [-0.25, -0.2) is 0 Å². The van der Waals surface area contributed by atoms with Crippen LogP contribution >= 0.6 is 22.9 Å². The van der Waals surface area contributed by atoms with Crippen molar-refractivity contribution in [2.75, 3.05) is 13.7 Å². The molecule has 2 heterocycles. The first-order valence-corrected chi connectivity index (χ1v) is 8.08. The molecule has 1 fully saturated rings. The monoisotopic (exact) mass is 307 g/mol. The first-order chi connectivity index (χ1) is 9.76. The molecule has 1 aliphatic rings. The average Bonchev–Trinajstić information content (AvgIpc) is 3.09. The Morgan fingerprint density at radius 3 is 2.70 bits per heavy atom. The van der Waals surface area contributed by atoms with Crippen LogP contribution < -0.4 is 4.74 Å². The molecule has 0 radical (unpaired) electrons. The fourth-order valence-corrected chi connectivity index (χ4v) is 3.97. The minimum Gasteiger partial charge on any atom is -0.497 e. The van der Waals surface area contributed by atoms with Gasteiger partial charge in [0.25, 0.3) is 0 Å². The van der Waals surface area contributed by atoms with E-state index in [0.29, 0.717) is 6.04 Å². The number of benzene rings is 1. The van der Waals surface area contributed by atoms with Gasteiger partial charge < -0.3 is 4.74 Å². The van der Waals surface area contributed by atoms with E-state index in [9.17, 15) is 0 Å². The lowest BCUT2D eigenvalue weighted by atomic mass is 10.0. The highest BCUT2D eigenvalue weighted by Gasteiger charge is 2.26. The lowest BCUT2D eigenvalue weighted by Gasteiger charge is -2.24. The van der Waals surface area contributed by atoms with Gasteiger partial charge in [0, 0.05) is 17.5 Å². The van der Waals surface area contributed by atoms with Crippen LogP contribution in [0.15, 0.2) is 36.4 Å². The zero-order chi connectivity index (χ0) is 13.9. The van der Waals surface area contributed by atoms with E-state index in [1.54, 1.807) is 18.4 Å². The van der Waals surface area contributed by atoms with Gasteiger partial charge in [-0.1, -0.05) is 23.7 Å². The molecule has 0 aliphatic carbocycles. The van der Waals surface area contributed by atoms with Gasteiger partial charge in [-0.2, -0.15) is 0 Å². The van der Waals surface area contributed by atoms with Crippen molar-refractivity contribution < 1.29 is 4.74 Å². The first-order valence-electron chi connectivity index (χ1n) is 6.88. The third-order valence-corrected chi connectivity index (χ3v) is 5.07. The summed E-state index contributed by atoms with van der Waals surface area (Å²) in [4.78, 5) is 3.89. The van der Waals surface area contributed by atoms with Gasteiger partial charge in [0.1, 0.15) is 5.75 Å². The second-order valence-electron chi connectivity index (χ2n) is 5.11. The fraction of sp³-hybridized carbons (Fsp3) is 0.375. The zero-order valence-corrected chi connectivity index (χ0v) is 13.1. The normalized spacial score (nSPS) is 19.4. The maximum atomic E-state index is 6.02. The van der Waals surface area contributed by atoms with Gasteiger partial charge in [0.15, 0.2) is 0 Å². The quantitative estimate of drug-likeness (QED) is 0.808. The molecule has 20 heavy (non-hydrogen) atoms. The van der Waals surface area contributed by atoms with Gasteiger partial charge in [-0.05, 0) is 49.2 Å². The van der Waals surface area contributed by atoms with Gasteiger partial charge in [0.2, 0.25) is 0 Å². The van der Waals surface area contributed by atoms with Crippen molar-refractivity contribution >= 4 is 22.9 Å². The van der Waals surface area contributed by atoms with Gasteiger partial charge >= 0.3 is 0 Å². The average molecular weight is 308 g/mol. The molecule has 106 valence electrons. The second kappa shape index (κ2) is 6.17. The summed E-state index contributed by atoms with van der Waals surface area (Å²) in [6, 6.07) is 13.1. The minimum atomic E-state index is 0.516. The van der Waals surface area contributed by atoms with Crippen molar-refractivity contribution in [3.8, 4) is 5.75 Å². The number of hydrogen-bond donors (Lipinski definition) is 0. The standard InChI is InChI=1S/C16H18ClNOS/c1-19-13-6-4-12(5-7-13)15-3-2-10-18(15)11-14-8-9-16(17)20-14/h4-9,15H,2-3,10-11H2,1H3. The van der Waals surface area contributed by atoms with Gasteiger partial charge in [-0.15, -0.1) is 11.3 Å². The van der Waals surface area contributed by atoms with Crippen molar-refractivity contribution in [3.05, 3.63) is 51.2 Å². The molecular weight excluding hydrogens is 290 g/mol. The molecule has 1 aromatic heterocycles. The van der Waals surface area contributed by atoms with E-state index in [1.807, 2.05) is 18.2 Å². The molecule has 0 amide bonds. The molecule has 4 heteroatoms. The Bertz CT molecular complexity index is 566. The third-order valence-electron chi connectivity index (χ3n) is 3.85. The predicted molar refractivity (Wildman–Crippen MR) is 84.7 cm³/mol. The van der Waals surface area contributed by atoms with Crippen LogP contribution in [0, 0.1) is 0 Å². The highest BCUT2D eigenvalue weighted by Crippen LogP contribution is 2.35. The molecular formula is C16H18ClNOS. The Morgan fingerprint density at radius 2 is 2.05 bits per heavy atom. The fourth-order valence-electron chi connectivity index (χ4n) is 2.86. The number of halogens is 1. The summed E-state index contributed by atoms with van der Waals surface area (Å²) in [5.41, 5.74) is 1.38. The number of hydrogen-bond acceptors (Lipinski definition) is 3. The molecule has 3 rings (SSSR count). The highest BCUT2D eigenvalue weighted by molar-refractivity contribution is 7.16. The number of likely N-dealkylation sites (tertiary alicyclic amines) is 1. The minimum absolute atomic E-state index is 0.516. The maximum Gasteiger partial charge on any atom is 0.118 e. The Balaban J connectivity index is 1.74. The second-order valence-corrected chi connectivity index (χ2v) is 6.91. The van der Waals surface area contributed by atoms with Crippen molar-refractivity contribution in [1.82, 2.24) is 4.90 Å². The van der Waals surface area contributed by atoms with Crippen LogP contribution in [0.3, 0.4) is 0 Å². The van der Waals surface area contributed by atoms with Crippen molar-refractivity contribution in [2.45, 2.75) is 25.4 Å². The Kier molecular flexibility index (Phi) is 4.29. The van der Waals surface area contributed by atoms with E-state index in [1.165, 1.54) is 23.3 Å². The van der Waals surface area contributed by atoms with Crippen LogP contribution in [0.5, 0.6) is 5.75 Å². The molecule has 0 saturated carbocycles. The number of thiophene rings is 1. The highest BCUT2D eigenvalue weighted by atomic mass is 35.5. The number of rotatable bonds is 4. The van der Waals surface area contributed by atoms with E-state index in [0.717, 1.165) is 23.2 Å². The summed E-state index contributed by atoms with van der Waals surface area (Å²) in [6.07, 6.45) is 2.49. The van der Waals surface area contributed by atoms with Gasteiger partial charge in [-0.3, -0.25) is 4.90 Å². The van der Waals surface area contributed by atoms with Crippen LogP contribution in [0.4, 0.5) is 0 Å². The van der Waals surface area contributed by atoms with Crippen molar-refractivity contribution in [1.29, 1.82) is 0 Å². The summed E-state index contributed by atoms with van der Waals surface area (Å²) in [5, 5.41) is 0. The smallest absolute Gasteiger partial charge is 0.118 e. The lowest BCUT2D eigenvalue weighted by molar-refractivity contribution is 0.250. The van der Waals surface area contributed by atoms with E-state index in [4.69, 9.17) is 16.3 Å². The van der Waals surface area contributed by atoms with Crippen molar-refractivity contribution in [2.24, 2.45) is 0 Å². The molecule has 2 aromatic rings. The maximum absolute atomic E-state index is 6.02. The van der Waals surface area contributed by atoms with Crippen LogP contribution in [-0.4, -0.2) is 18.6 Å². The van der Waals surface area contributed by atoms with E-state index < -0.39 is 0 Å². The lowest BCUT2D eigenvalue weighted by Crippen LogP contribution is -2.22. The third kappa shape index (κ3) is 3.00. The SMILES string of the molecule is COc1ccc(C2CCCN2Cc2ccc(Cl)s2)cc1. The van der Waals surface area contributed by atoms with Crippen molar-refractivity contribution in [3.63, 3.8) is 0 Å². The number of ether oxygens (including phenoxy) is 1. The topological polar surface area (TPSA) is 12.5 Å². The summed E-state index contributed by atoms with van der Waals surface area (Å²) in [6.45, 7) is 2.15. The Hall–Kier alpha value is -1.03.